The summed E-state index contributed by atoms with van der Waals surface area (Å²) in [6, 6.07) is 7.53. The Morgan fingerprint density at radius 3 is 2.86 bits per heavy atom. The Balaban J connectivity index is 1.61. The molecule has 2 atom stereocenters. The molecule has 4 nitrogen and oxygen atoms in total. The highest BCUT2D eigenvalue weighted by molar-refractivity contribution is 8.01. The zero-order chi connectivity index (χ0) is 15.7. The summed E-state index contributed by atoms with van der Waals surface area (Å²) in [7, 11) is 0. The first-order chi connectivity index (χ1) is 10.5. The van der Waals surface area contributed by atoms with Crippen LogP contribution in [0, 0.1) is 0 Å². The second-order valence-corrected chi connectivity index (χ2v) is 8.10. The zero-order valence-electron chi connectivity index (χ0n) is 12.7. The van der Waals surface area contributed by atoms with Crippen molar-refractivity contribution in [2.75, 3.05) is 12.0 Å². The van der Waals surface area contributed by atoms with Gasteiger partial charge in [0.1, 0.15) is 12.6 Å². The molecule has 1 amide bonds. The van der Waals surface area contributed by atoms with Crippen LogP contribution in [0.5, 0.6) is 0 Å². The summed E-state index contributed by atoms with van der Waals surface area (Å²) < 4.78 is 5.43. The van der Waals surface area contributed by atoms with Crippen LogP contribution >= 0.6 is 23.5 Å². The molecule has 1 aromatic rings. The van der Waals surface area contributed by atoms with E-state index in [0.717, 1.165) is 12.0 Å². The minimum absolute atomic E-state index is 0.0683. The van der Waals surface area contributed by atoms with Crippen molar-refractivity contribution < 1.29 is 14.3 Å². The predicted molar refractivity (Wildman–Crippen MR) is 88.8 cm³/mol. The van der Waals surface area contributed by atoms with Crippen LogP contribution in [0.3, 0.4) is 0 Å². The minimum Gasteiger partial charge on any atom is -0.459 e. The Morgan fingerprint density at radius 2 is 2.18 bits per heavy atom. The highest BCUT2D eigenvalue weighted by Gasteiger charge is 2.53. The Hall–Kier alpha value is -1.14. The molecular weight excluding hydrogens is 318 g/mol. The maximum absolute atomic E-state index is 12.3. The molecule has 0 unspecified atom stereocenters. The highest BCUT2D eigenvalue weighted by atomic mass is 32.2. The van der Waals surface area contributed by atoms with E-state index < -0.39 is 6.04 Å². The summed E-state index contributed by atoms with van der Waals surface area (Å²) in [6.07, 6.45) is 3.37. The van der Waals surface area contributed by atoms with Gasteiger partial charge in [0, 0.05) is 17.1 Å². The van der Waals surface area contributed by atoms with Gasteiger partial charge in [-0.2, -0.15) is 0 Å². The molecule has 0 saturated carbocycles. The minimum atomic E-state index is -0.435. The van der Waals surface area contributed by atoms with Crippen LogP contribution < -0.4 is 0 Å². The van der Waals surface area contributed by atoms with E-state index in [9.17, 15) is 9.59 Å². The largest absolute Gasteiger partial charge is 0.459 e. The van der Waals surface area contributed by atoms with Crippen molar-refractivity contribution in [2.24, 2.45) is 0 Å². The lowest BCUT2D eigenvalue weighted by molar-refractivity contribution is -0.154. The number of hydrogen-bond donors (Lipinski definition) is 0. The molecule has 2 saturated heterocycles. The van der Waals surface area contributed by atoms with Gasteiger partial charge < -0.3 is 9.64 Å². The third-order valence-corrected chi connectivity index (χ3v) is 6.51. The second-order valence-electron chi connectivity index (χ2n) is 5.72. The van der Waals surface area contributed by atoms with Gasteiger partial charge in [0.2, 0.25) is 5.91 Å². The summed E-state index contributed by atoms with van der Waals surface area (Å²) in [6.45, 7) is 2.30. The Bertz CT molecular complexity index is 590. The Labute approximate surface area is 139 Å². The van der Waals surface area contributed by atoms with Gasteiger partial charge in [-0.25, -0.2) is 4.79 Å². The van der Waals surface area contributed by atoms with Gasteiger partial charge in [-0.1, -0.05) is 12.1 Å². The van der Waals surface area contributed by atoms with Crippen LogP contribution in [0.15, 0.2) is 29.2 Å². The van der Waals surface area contributed by atoms with Crippen LogP contribution in [0.2, 0.25) is 0 Å². The molecule has 118 valence electrons. The normalized spacial score (nSPS) is 27.1. The molecule has 0 spiro atoms. The van der Waals surface area contributed by atoms with E-state index in [2.05, 4.69) is 0 Å². The lowest BCUT2D eigenvalue weighted by Crippen LogP contribution is -2.46. The summed E-state index contributed by atoms with van der Waals surface area (Å²) in [5, 5.41) is 0. The monoisotopic (exact) mass is 337 g/mol. The van der Waals surface area contributed by atoms with Crippen LogP contribution in [-0.4, -0.2) is 39.7 Å². The van der Waals surface area contributed by atoms with Gasteiger partial charge in [0.25, 0.3) is 0 Å². The summed E-state index contributed by atoms with van der Waals surface area (Å²) >= 11 is 3.36. The van der Waals surface area contributed by atoms with Gasteiger partial charge in [-0.15, -0.1) is 23.5 Å². The van der Waals surface area contributed by atoms with Gasteiger partial charge in [-0.05, 0) is 37.3 Å². The number of carbonyl (C=O) groups excluding carboxylic acids is 2. The summed E-state index contributed by atoms with van der Waals surface area (Å²) in [4.78, 5) is 27.1. The van der Waals surface area contributed by atoms with Crippen molar-refractivity contribution in [3.63, 3.8) is 0 Å². The molecule has 2 aliphatic rings. The molecule has 0 radical (unpaired) electrons. The molecule has 0 bridgehead atoms. The van der Waals surface area contributed by atoms with Gasteiger partial charge >= 0.3 is 5.97 Å². The van der Waals surface area contributed by atoms with Gasteiger partial charge in [0.15, 0.2) is 0 Å². The van der Waals surface area contributed by atoms with Crippen molar-refractivity contribution in [3.05, 3.63) is 29.8 Å². The van der Waals surface area contributed by atoms with E-state index in [1.807, 2.05) is 37.4 Å². The van der Waals surface area contributed by atoms with Gasteiger partial charge in [-0.3, -0.25) is 4.79 Å². The molecule has 2 heterocycles. The number of carbonyl (C=O) groups is 2. The maximum atomic E-state index is 12.3. The number of ether oxygens (including phenoxy) is 1. The van der Waals surface area contributed by atoms with Crippen LogP contribution in [0.4, 0.5) is 0 Å². The zero-order valence-corrected chi connectivity index (χ0v) is 14.3. The first-order valence-electron chi connectivity index (χ1n) is 7.29. The summed E-state index contributed by atoms with van der Waals surface area (Å²) in [5.74, 6) is 0.408. The van der Waals surface area contributed by atoms with E-state index in [-0.39, 0.29) is 23.4 Å². The number of rotatable bonds is 4. The van der Waals surface area contributed by atoms with Crippen LogP contribution in [0.1, 0.15) is 25.3 Å². The molecular formula is C16H19NO3S2. The number of hydrogen-bond acceptors (Lipinski definition) is 5. The van der Waals surface area contributed by atoms with Crippen LogP contribution in [0.25, 0.3) is 0 Å². The smallest absolute Gasteiger partial charge is 0.330 e. The number of thioether (sulfide) groups is 2. The molecule has 2 fully saturated rings. The second kappa shape index (κ2) is 6.16. The van der Waals surface area contributed by atoms with E-state index in [1.165, 1.54) is 4.90 Å². The molecule has 1 aromatic carbocycles. The van der Waals surface area contributed by atoms with Crippen LogP contribution in [-0.2, 0) is 20.9 Å². The fraction of sp³-hybridized carbons (Fsp3) is 0.500. The standard InChI is InChI=1S/C16H19NO3S2/c1-16-8-7-14(18)17(16)13(10-22-16)15(19)20-9-11-3-5-12(21-2)6-4-11/h3-6,13H,7-10H2,1-2H3/t13-,16+/m1/s1. The fourth-order valence-electron chi connectivity index (χ4n) is 2.97. The molecule has 2 aliphatic heterocycles. The number of esters is 1. The SMILES string of the molecule is CSc1ccc(COC(=O)[C@H]2CS[C@@]3(C)CCC(=O)N23)cc1. The highest BCUT2D eigenvalue weighted by Crippen LogP contribution is 2.47. The number of nitrogens with zero attached hydrogens (tertiary/aromatic N) is 1. The van der Waals surface area contributed by atoms with Crippen molar-refractivity contribution in [1.82, 2.24) is 4.90 Å². The van der Waals surface area contributed by atoms with E-state index in [4.69, 9.17) is 4.74 Å². The fourth-order valence-corrected chi connectivity index (χ4v) is 4.79. The summed E-state index contributed by atoms with van der Waals surface area (Å²) in [5.41, 5.74) is 0.965. The van der Waals surface area contributed by atoms with Crippen molar-refractivity contribution in [3.8, 4) is 0 Å². The topological polar surface area (TPSA) is 46.6 Å². The molecule has 6 heteroatoms. The predicted octanol–water partition coefficient (Wildman–Crippen LogP) is 2.91. The number of benzene rings is 1. The van der Waals surface area contributed by atoms with Crippen molar-refractivity contribution >= 4 is 35.4 Å². The number of amides is 1. The number of fused-ring (bicyclic) bond motifs is 1. The quantitative estimate of drug-likeness (QED) is 0.624. The molecule has 0 aliphatic carbocycles. The molecule has 0 aromatic heterocycles. The third kappa shape index (κ3) is 2.86. The van der Waals surface area contributed by atoms with Crippen molar-refractivity contribution in [2.45, 2.75) is 42.2 Å². The first kappa shape index (κ1) is 15.7. The first-order valence-corrected chi connectivity index (χ1v) is 9.50. The van der Waals surface area contributed by atoms with E-state index >= 15 is 0 Å². The Kier molecular flexibility index (Phi) is 4.41. The molecule has 3 rings (SSSR count). The average Bonchev–Trinajstić information content (AvgIpc) is 3.02. The Morgan fingerprint density at radius 1 is 1.45 bits per heavy atom. The van der Waals surface area contributed by atoms with Gasteiger partial charge in [0.05, 0.1) is 4.87 Å². The lowest BCUT2D eigenvalue weighted by atomic mass is 10.2. The molecule has 22 heavy (non-hydrogen) atoms. The molecule has 0 N–H and O–H groups in total. The average molecular weight is 337 g/mol. The third-order valence-electron chi connectivity index (χ3n) is 4.26. The van der Waals surface area contributed by atoms with Crippen molar-refractivity contribution in [1.29, 1.82) is 0 Å². The van der Waals surface area contributed by atoms with E-state index in [1.54, 1.807) is 28.4 Å². The lowest BCUT2D eigenvalue weighted by Gasteiger charge is -2.29. The van der Waals surface area contributed by atoms with E-state index in [0.29, 0.717) is 12.2 Å². The maximum Gasteiger partial charge on any atom is 0.330 e.